The first-order chi connectivity index (χ1) is 12.1. The van der Waals surface area contributed by atoms with E-state index in [1.807, 2.05) is 30.3 Å². The maximum absolute atomic E-state index is 14.8. The molecule has 0 bridgehead atoms. The summed E-state index contributed by atoms with van der Waals surface area (Å²) in [7, 11) is 1.73. The van der Waals surface area contributed by atoms with Crippen LogP contribution in [0.25, 0.3) is 22.4 Å². The minimum Gasteiger partial charge on any atom is -0.384 e. The Morgan fingerprint density at radius 2 is 2.08 bits per heavy atom. The van der Waals surface area contributed by atoms with Crippen molar-refractivity contribution in [2.24, 2.45) is 7.05 Å². The Labute approximate surface area is 146 Å². The van der Waals surface area contributed by atoms with Crippen LogP contribution in [0.4, 0.5) is 10.2 Å². The quantitative estimate of drug-likeness (QED) is 0.546. The van der Waals surface area contributed by atoms with Gasteiger partial charge in [0, 0.05) is 23.3 Å². The summed E-state index contributed by atoms with van der Waals surface area (Å²) in [5, 5.41) is 14.8. The molecular formula is C16H14FN7S. The standard InChI is InChI=1S/C16H14FN7S/c1-24-10(13(17)14(22-24)9-5-3-2-4-6-9)8-25-11-7-12(18)19-16-15(11)20-23-21-16/h2-7H,8H2,1H3,(H3,18,19,20,21,23). The van der Waals surface area contributed by atoms with Gasteiger partial charge in [-0.1, -0.05) is 35.5 Å². The number of benzene rings is 1. The van der Waals surface area contributed by atoms with Crippen molar-refractivity contribution in [1.82, 2.24) is 30.2 Å². The molecule has 1 aromatic carbocycles. The molecule has 0 unspecified atom stereocenters. The zero-order valence-electron chi connectivity index (χ0n) is 13.3. The fraction of sp³-hybridized carbons (Fsp3) is 0.125. The van der Waals surface area contributed by atoms with Gasteiger partial charge in [0.2, 0.25) is 0 Å². The van der Waals surface area contributed by atoms with E-state index in [1.54, 1.807) is 17.8 Å². The lowest BCUT2D eigenvalue weighted by molar-refractivity contribution is 0.610. The number of nitrogens with two attached hydrogens (primary N) is 1. The Kier molecular flexibility index (Phi) is 3.85. The molecule has 0 amide bonds. The lowest BCUT2D eigenvalue weighted by Gasteiger charge is -2.04. The molecule has 0 aliphatic carbocycles. The first-order valence-corrected chi connectivity index (χ1v) is 8.49. The van der Waals surface area contributed by atoms with Gasteiger partial charge in [-0.05, 0) is 6.07 Å². The highest BCUT2D eigenvalue weighted by Crippen LogP contribution is 2.32. The third-order valence-corrected chi connectivity index (χ3v) is 4.84. The fourth-order valence-electron chi connectivity index (χ4n) is 2.56. The summed E-state index contributed by atoms with van der Waals surface area (Å²) >= 11 is 1.42. The number of aryl methyl sites for hydroxylation is 1. The summed E-state index contributed by atoms with van der Waals surface area (Å²) in [6, 6.07) is 11.0. The molecule has 4 rings (SSSR count). The number of hydrogen-bond acceptors (Lipinski definition) is 6. The van der Waals surface area contributed by atoms with E-state index in [0.29, 0.717) is 34.1 Å². The summed E-state index contributed by atoms with van der Waals surface area (Å²) < 4.78 is 16.4. The maximum atomic E-state index is 14.8. The fourth-order valence-corrected chi connectivity index (χ4v) is 3.64. The molecule has 0 aliphatic heterocycles. The van der Waals surface area contributed by atoms with Crippen molar-refractivity contribution < 1.29 is 4.39 Å². The molecule has 0 aliphatic rings. The second kappa shape index (κ2) is 6.17. The molecule has 3 N–H and O–H groups in total. The first-order valence-electron chi connectivity index (χ1n) is 7.50. The number of halogens is 1. The monoisotopic (exact) mass is 355 g/mol. The molecular weight excluding hydrogens is 341 g/mol. The number of nitrogen functional groups attached to an aromatic ring is 1. The van der Waals surface area contributed by atoms with Gasteiger partial charge >= 0.3 is 0 Å². The van der Waals surface area contributed by atoms with Crippen molar-refractivity contribution in [3.8, 4) is 11.3 Å². The van der Waals surface area contributed by atoms with Crippen molar-refractivity contribution in [3.63, 3.8) is 0 Å². The van der Waals surface area contributed by atoms with Crippen LogP contribution in [-0.2, 0) is 12.8 Å². The number of thioether (sulfide) groups is 1. The second-order valence-electron chi connectivity index (χ2n) is 5.44. The van der Waals surface area contributed by atoms with Gasteiger partial charge in [0.1, 0.15) is 17.0 Å². The van der Waals surface area contributed by atoms with Gasteiger partial charge in [0.15, 0.2) is 11.5 Å². The van der Waals surface area contributed by atoms with Gasteiger partial charge in [-0.3, -0.25) is 4.68 Å². The lowest BCUT2D eigenvalue weighted by Crippen LogP contribution is -1.98. The van der Waals surface area contributed by atoms with Crippen LogP contribution in [0.15, 0.2) is 41.3 Å². The number of aromatic nitrogens is 6. The second-order valence-corrected chi connectivity index (χ2v) is 6.46. The van der Waals surface area contributed by atoms with Crippen LogP contribution < -0.4 is 5.73 Å². The summed E-state index contributed by atoms with van der Waals surface area (Å²) in [5.74, 6) is 0.421. The normalized spacial score (nSPS) is 11.3. The van der Waals surface area contributed by atoms with E-state index in [2.05, 4.69) is 25.5 Å². The Morgan fingerprint density at radius 1 is 1.28 bits per heavy atom. The molecule has 0 atom stereocenters. The van der Waals surface area contributed by atoms with Gasteiger partial charge < -0.3 is 5.73 Å². The van der Waals surface area contributed by atoms with Gasteiger partial charge in [0.25, 0.3) is 0 Å². The third kappa shape index (κ3) is 2.82. The minimum absolute atomic E-state index is 0.320. The number of nitrogens with one attached hydrogen (secondary N) is 1. The van der Waals surface area contributed by atoms with Crippen LogP contribution in [0.3, 0.4) is 0 Å². The molecule has 0 radical (unpaired) electrons. The van der Waals surface area contributed by atoms with Gasteiger partial charge in [-0.2, -0.15) is 5.10 Å². The van der Waals surface area contributed by atoms with Gasteiger partial charge in [-0.15, -0.1) is 16.9 Å². The van der Waals surface area contributed by atoms with Gasteiger partial charge in [0.05, 0.1) is 5.69 Å². The topological polar surface area (TPSA) is 98.3 Å². The largest absolute Gasteiger partial charge is 0.384 e. The van der Waals surface area contributed by atoms with Crippen molar-refractivity contribution in [2.75, 3.05) is 5.73 Å². The highest BCUT2D eigenvalue weighted by Gasteiger charge is 2.18. The summed E-state index contributed by atoms with van der Waals surface area (Å²) in [5.41, 5.74) is 8.52. The molecule has 0 fully saturated rings. The van der Waals surface area contributed by atoms with Crippen molar-refractivity contribution in [3.05, 3.63) is 47.9 Å². The number of rotatable bonds is 4. The van der Waals surface area contributed by atoms with E-state index in [4.69, 9.17) is 5.73 Å². The Balaban J connectivity index is 1.65. The first kappa shape index (κ1) is 15.6. The number of aromatic amines is 1. The molecule has 9 heteroatoms. The van der Waals surface area contributed by atoms with Crippen LogP contribution in [0.1, 0.15) is 5.69 Å². The Hall–Kier alpha value is -2.94. The summed E-state index contributed by atoms with van der Waals surface area (Å²) in [4.78, 5) is 4.91. The molecule has 4 aromatic rings. The van der Waals surface area contributed by atoms with E-state index >= 15 is 0 Å². The predicted molar refractivity (Wildman–Crippen MR) is 94.3 cm³/mol. The number of fused-ring (bicyclic) bond motifs is 1. The molecule has 25 heavy (non-hydrogen) atoms. The van der Waals surface area contributed by atoms with E-state index in [9.17, 15) is 4.39 Å². The van der Waals surface area contributed by atoms with Crippen molar-refractivity contribution in [1.29, 1.82) is 0 Å². The van der Waals surface area contributed by atoms with Crippen molar-refractivity contribution >= 4 is 28.7 Å². The van der Waals surface area contributed by atoms with E-state index in [1.165, 1.54) is 11.8 Å². The average molecular weight is 355 g/mol. The number of pyridine rings is 1. The van der Waals surface area contributed by atoms with Crippen LogP contribution in [0.5, 0.6) is 0 Å². The van der Waals surface area contributed by atoms with Gasteiger partial charge in [-0.25, -0.2) is 14.5 Å². The SMILES string of the molecule is Cn1nc(-c2ccccc2)c(F)c1CSc1cc(N)nc2[nH]nnc12. The molecule has 3 heterocycles. The molecule has 0 saturated heterocycles. The van der Waals surface area contributed by atoms with E-state index < -0.39 is 0 Å². The summed E-state index contributed by atoms with van der Waals surface area (Å²) in [6.45, 7) is 0. The Morgan fingerprint density at radius 3 is 2.88 bits per heavy atom. The lowest BCUT2D eigenvalue weighted by atomic mass is 10.1. The summed E-state index contributed by atoms with van der Waals surface area (Å²) in [6.07, 6.45) is 0. The zero-order valence-corrected chi connectivity index (χ0v) is 14.1. The number of nitrogens with zero attached hydrogens (tertiary/aromatic N) is 5. The smallest absolute Gasteiger partial charge is 0.179 e. The number of hydrogen-bond donors (Lipinski definition) is 2. The minimum atomic E-state index is -0.320. The van der Waals surface area contributed by atoms with E-state index in [0.717, 1.165) is 10.5 Å². The van der Waals surface area contributed by atoms with Crippen LogP contribution >= 0.6 is 11.8 Å². The average Bonchev–Trinajstić information content (AvgIpc) is 3.18. The molecule has 126 valence electrons. The predicted octanol–water partition coefficient (Wildman–Crippen LogP) is 2.77. The zero-order chi connectivity index (χ0) is 17.4. The van der Waals surface area contributed by atoms with Crippen LogP contribution in [0, 0.1) is 5.82 Å². The van der Waals surface area contributed by atoms with Crippen LogP contribution in [-0.4, -0.2) is 30.2 Å². The van der Waals surface area contributed by atoms with E-state index in [-0.39, 0.29) is 5.82 Å². The van der Waals surface area contributed by atoms with Crippen molar-refractivity contribution in [2.45, 2.75) is 10.6 Å². The van der Waals surface area contributed by atoms with Crippen LogP contribution in [0.2, 0.25) is 0 Å². The molecule has 7 nitrogen and oxygen atoms in total. The highest BCUT2D eigenvalue weighted by atomic mass is 32.2. The number of anilines is 1. The molecule has 0 saturated carbocycles. The molecule has 3 aromatic heterocycles. The Bertz CT molecular complexity index is 1040. The molecule has 0 spiro atoms. The maximum Gasteiger partial charge on any atom is 0.179 e. The number of H-pyrrole nitrogens is 1. The third-order valence-electron chi connectivity index (χ3n) is 3.80. The highest BCUT2D eigenvalue weighted by molar-refractivity contribution is 7.98.